The van der Waals surface area contributed by atoms with Gasteiger partial charge in [0.2, 0.25) is 0 Å². The van der Waals surface area contributed by atoms with Gasteiger partial charge in [-0.05, 0) is 42.7 Å². The summed E-state index contributed by atoms with van der Waals surface area (Å²) < 4.78 is 0. The van der Waals surface area contributed by atoms with Gasteiger partial charge in [0.1, 0.15) is 0 Å². The van der Waals surface area contributed by atoms with E-state index in [0.717, 1.165) is 24.3 Å². The number of rotatable bonds is 4. The molecule has 0 spiro atoms. The second-order valence-corrected chi connectivity index (χ2v) is 6.99. The lowest BCUT2D eigenvalue weighted by atomic mass is 9.81. The summed E-state index contributed by atoms with van der Waals surface area (Å²) in [6.07, 6.45) is 12.3. The minimum Gasteiger partial charge on any atom is -0.361 e. The highest BCUT2D eigenvalue weighted by atomic mass is 15.2. The average Bonchev–Trinajstić information content (AvgIpc) is 2.73. The Kier molecular flexibility index (Phi) is 3.79. The van der Waals surface area contributed by atoms with E-state index in [2.05, 4.69) is 59.4 Å². The van der Waals surface area contributed by atoms with Crippen LogP contribution in [0.25, 0.3) is 10.9 Å². The summed E-state index contributed by atoms with van der Waals surface area (Å²) in [6.45, 7) is 4.82. The van der Waals surface area contributed by atoms with Crippen LogP contribution in [0.4, 0.5) is 0 Å². The van der Waals surface area contributed by atoms with Crippen LogP contribution >= 0.6 is 0 Å². The highest BCUT2D eigenvalue weighted by Gasteiger charge is 2.34. The van der Waals surface area contributed by atoms with Crippen molar-refractivity contribution in [2.45, 2.75) is 38.6 Å². The lowest BCUT2D eigenvalue weighted by Gasteiger charge is -2.41. The number of piperidine rings is 1. The predicted octanol–water partition coefficient (Wildman–Crippen LogP) is 4.63. The van der Waals surface area contributed by atoms with Gasteiger partial charge in [-0.1, -0.05) is 43.7 Å². The number of para-hydroxylation sites is 1. The molecule has 0 saturated carbocycles. The van der Waals surface area contributed by atoms with Crippen LogP contribution < -0.4 is 0 Å². The number of hydrogen-bond donors (Lipinski definition) is 1. The van der Waals surface area contributed by atoms with Crippen molar-refractivity contribution in [2.24, 2.45) is 11.8 Å². The van der Waals surface area contributed by atoms with E-state index in [4.69, 9.17) is 0 Å². The van der Waals surface area contributed by atoms with Crippen molar-refractivity contribution < 1.29 is 1.43 Å². The molecule has 3 atom stereocenters. The molecule has 2 aromatic rings. The van der Waals surface area contributed by atoms with Crippen molar-refractivity contribution in [1.29, 1.82) is 0 Å². The Labute approximate surface area is 134 Å². The molecule has 3 heterocycles. The Balaban J connectivity index is 0.00000156. The maximum atomic E-state index is 3.41. The zero-order valence-electron chi connectivity index (χ0n) is 13.5. The minimum atomic E-state index is 0. The van der Waals surface area contributed by atoms with E-state index in [9.17, 15) is 0 Å². The van der Waals surface area contributed by atoms with Crippen LogP contribution in [0, 0.1) is 11.8 Å². The second kappa shape index (κ2) is 5.92. The summed E-state index contributed by atoms with van der Waals surface area (Å²) >= 11 is 0. The Morgan fingerprint density at radius 2 is 2.23 bits per heavy atom. The first-order chi connectivity index (χ1) is 10.8. The number of hydrogen-bond acceptors (Lipinski definition) is 1. The molecule has 5 rings (SSSR count). The maximum absolute atomic E-state index is 3.41. The first-order valence-electron chi connectivity index (χ1n) is 8.81. The van der Waals surface area contributed by atoms with Gasteiger partial charge in [-0.2, -0.15) is 0 Å². The fraction of sp³-hybridized carbons (Fsp3) is 0.500. The summed E-state index contributed by atoms with van der Waals surface area (Å²) in [5.41, 5.74) is 2.73. The molecule has 22 heavy (non-hydrogen) atoms. The molecular weight excluding hydrogens is 268 g/mol. The molecule has 118 valence electrons. The molecule has 0 radical (unpaired) electrons. The van der Waals surface area contributed by atoms with E-state index < -0.39 is 0 Å². The Morgan fingerprint density at radius 3 is 3.14 bits per heavy atom. The minimum absolute atomic E-state index is 0. The summed E-state index contributed by atoms with van der Waals surface area (Å²) in [5, 5.41) is 1.40. The van der Waals surface area contributed by atoms with Crippen LogP contribution in [0.2, 0.25) is 0 Å². The second-order valence-electron chi connectivity index (χ2n) is 6.99. The van der Waals surface area contributed by atoms with E-state index >= 15 is 0 Å². The molecule has 1 saturated heterocycles. The standard InChI is InChI=1S/C20H26N2.H2/c1-2-15-12-18-7-5-6-17(15)14-22(18)11-10-16-13-21-20-9-4-3-8-19(16)20;/h3-6,8-9,13,15,17-18,21H,2,7,10-12,14H2,1H3;1H. The third-order valence-electron chi connectivity index (χ3n) is 5.80. The summed E-state index contributed by atoms with van der Waals surface area (Å²) in [5.74, 6) is 1.69. The topological polar surface area (TPSA) is 19.0 Å². The zero-order valence-corrected chi connectivity index (χ0v) is 13.5. The van der Waals surface area contributed by atoms with E-state index in [1.807, 2.05) is 0 Å². The molecule has 2 aliphatic heterocycles. The van der Waals surface area contributed by atoms with Gasteiger partial charge in [-0.15, -0.1) is 0 Å². The lowest BCUT2D eigenvalue weighted by Crippen LogP contribution is -2.46. The average molecular weight is 296 g/mol. The Morgan fingerprint density at radius 1 is 1.32 bits per heavy atom. The largest absolute Gasteiger partial charge is 0.361 e. The van der Waals surface area contributed by atoms with Gasteiger partial charge in [0.25, 0.3) is 0 Å². The van der Waals surface area contributed by atoms with Gasteiger partial charge in [-0.3, -0.25) is 4.90 Å². The number of H-pyrrole nitrogens is 1. The highest BCUT2D eigenvalue weighted by molar-refractivity contribution is 5.83. The van der Waals surface area contributed by atoms with Crippen molar-refractivity contribution in [3.8, 4) is 0 Å². The molecule has 2 nitrogen and oxygen atoms in total. The highest BCUT2D eigenvalue weighted by Crippen LogP contribution is 2.35. The van der Waals surface area contributed by atoms with Gasteiger partial charge >= 0.3 is 0 Å². The van der Waals surface area contributed by atoms with Crippen LogP contribution in [0.15, 0.2) is 42.6 Å². The molecule has 3 unspecified atom stereocenters. The van der Waals surface area contributed by atoms with E-state index in [1.165, 1.54) is 48.8 Å². The molecule has 3 aliphatic rings. The summed E-state index contributed by atoms with van der Waals surface area (Å²) in [4.78, 5) is 6.16. The number of benzene rings is 1. The van der Waals surface area contributed by atoms with Gasteiger partial charge in [0.15, 0.2) is 0 Å². The Bertz CT molecular complexity index is 675. The van der Waals surface area contributed by atoms with Gasteiger partial charge in [-0.25, -0.2) is 0 Å². The normalized spacial score (nSPS) is 28.3. The molecule has 1 fully saturated rings. The zero-order chi connectivity index (χ0) is 14.9. The van der Waals surface area contributed by atoms with Crippen LogP contribution in [0.1, 0.15) is 33.2 Å². The van der Waals surface area contributed by atoms with Gasteiger partial charge in [0.05, 0.1) is 0 Å². The van der Waals surface area contributed by atoms with Gasteiger partial charge in [0, 0.05) is 37.7 Å². The van der Waals surface area contributed by atoms with Crippen molar-refractivity contribution in [1.82, 2.24) is 9.88 Å². The third-order valence-corrected chi connectivity index (χ3v) is 5.80. The quantitative estimate of drug-likeness (QED) is 0.815. The number of aromatic nitrogens is 1. The number of aromatic amines is 1. The third kappa shape index (κ3) is 2.50. The number of nitrogens with zero attached hydrogens (tertiary/aromatic N) is 1. The van der Waals surface area contributed by atoms with E-state index in [-0.39, 0.29) is 1.43 Å². The summed E-state index contributed by atoms with van der Waals surface area (Å²) in [7, 11) is 0. The Hall–Kier alpha value is -1.54. The van der Waals surface area contributed by atoms with E-state index in [0.29, 0.717) is 0 Å². The van der Waals surface area contributed by atoms with Crippen LogP contribution in [0.3, 0.4) is 0 Å². The predicted molar refractivity (Wildman–Crippen MR) is 95.1 cm³/mol. The number of nitrogens with one attached hydrogen (secondary N) is 1. The molecule has 1 aromatic carbocycles. The van der Waals surface area contributed by atoms with Gasteiger partial charge < -0.3 is 4.98 Å². The SMILES string of the molecule is CCC1CC2CC=CC1CN2CCc1c[nH]c2ccccc12.[HH]. The maximum Gasteiger partial charge on any atom is 0.0456 e. The van der Waals surface area contributed by atoms with Crippen molar-refractivity contribution in [3.05, 3.63) is 48.2 Å². The first kappa shape index (κ1) is 14.1. The number of fused-ring (bicyclic) bond motifs is 4. The van der Waals surface area contributed by atoms with Crippen molar-refractivity contribution >= 4 is 10.9 Å². The molecule has 1 N–H and O–H groups in total. The molecular formula is C20H28N2. The van der Waals surface area contributed by atoms with Crippen LogP contribution in [0.5, 0.6) is 0 Å². The molecule has 1 aliphatic carbocycles. The molecule has 2 heteroatoms. The molecule has 0 amide bonds. The van der Waals surface area contributed by atoms with Crippen molar-refractivity contribution in [3.63, 3.8) is 0 Å². The van der Waals surface area contributed by atoms with E-state index in [1.54, 1.807) is 0 Å². The van der Waals surface area contributed by atoms with Crippen LogP contribution in [-0.2, 0) is 6.42 Å². The monoisotopic (exact) mass is 296 g/mol. The van der Waals surface area contributed by atoms with Crippen molar-refractivity contribution in [2.75, 3.05) is 13.1 Å². The molecule has 2 bridgehead atoms. The fourth-order valence-corrected chi connectivity index (χ4v) is 4.46. The first-order valence-corrected chi connectivity index (χ1v) is 8.81. The summed E-state index contributed by atoms with van der Waals surface area (Å²) in [6, 6.07) is 9.42. The van der Waals surface area contributed by atoms with Crippen LogP contribution in [-0.4, -0.2) is 29.0 Å². The molecule has 1 aromatic heterocycles. The lowest BCUT2D eigenvalue weighted by molar-refractivity contribution is 0.0884. The smallest absolute Gasteiger partial charge is 0.0456 e. The fourth-order valence-electron chi connectivity index (χ4n) is 4.46.